The monoisotopic (exact) mass is 470 g/mol. The van der Waals surface area contributed by atoms with Crippen molar-refractivity contribution in [3.63, 3.8) is 0 Å². The van der Waals surface area contributed by atoms with E-state index in [9.17, 15) is 9.59 Å². The van der Waals surface area contributed by atoms with Gasteiger partial charge < -0.3 is 10.1 Å². The second-order valence-corrected chi connectivity index (χ2v) is 11.6. The summed E-state index contributed by atoms with van der Waals surface area (Å²) in [5, 5.41) is 3.42. The predicted octanol–water partition coefficient (Wildman–Crippen LogP) is 4.76. The van der Waals surface area contributed by atoms with Gasteiger partial charge in [-0.2, -0.15) is 0 Å². The SMILES string of the molecule is COc1ccccc1/C=C1\SC(=S)N(CCCC(=O)NC23CC4CC(CC(C4)C2)C3)C1=O. The molecule has 4 saturated carbocycles. The molecule has 32 heavy (non-hydrogen) atoms. The maximum atomic E-state index is 12.9. The number of para-hydroxylation sites is 1. The normalized spacial score (nSPS) is 32.1. The molecule has 0 atom stereocenters. The van der Waals surface area contributed by atoms with E-state index in [0.29, 0.717) is 28.6 Å². The van der Waals surface area contributed by atoms with Gasteiger partial charge in [0, 0.05) is 24.1 Å². The number of hydrogen-bond acceptors (Lipinski definition) is 5. The summed E-state index contributed by atoms with van der Waals surface area (Å²) >= 11 is 6.76. The molecule has 1 aromatic carbocycles. The topological polar surface area (TPSA) is 58.6 Å². The molecule has 1 N–H and O–H groups in total. The highest BCUT2D eigenvalue weighted by atomic mass is 32.2. The molecule has 1 aliphatic heterocycles. The standard InChI is InChI=1S/C25H30N2O3S2/c1-30-20-6-3-2-5-19(20)12-21-23(29)27(24(31)32-21)8-4-7-22(28)26-25-13-16-9-17(14-25)11-18(10-16)15-25/h2-3,5-6,12,16-18H,4,7-11,13-15H2,1H3,(H,26,28)/b21-12-. The Bertz CT molecular complexity index is 938. The number of amides is 2. The van der Waals surface area contributed by atoms with Gasteiger partial charge in [0.1, 0.15) is 10.1 Å². The van der Waals surface area contributed by atoms with Crippen molar-refractivity contribution < 1.29 is 14.3 Å². The Labute approximate surface area is 199 Å². The first kappa shape index (κ1) is 22.0. The van der Waals surface area contributed by atoms with Crippen LogP contribution in [-0.2, 0) is 9.59 Å². The number of hydrogen-bond donors (Lipinski definition) is 1. The maximum absolute atomic E-state index is 12.9. The number of thiocarbonyl (C=S) groups is 1. The summed E-state index contributed by atoms with van der Waals surface area (Å²) in [6, 6.07) is 7.60. The summed E-state index contributed by atoms with van der Waals surface area (Å²) in [6.45, 7) is 0.474. The van der Waals surface area contributed by atoms with Crippen molar-refractivity contribution in [2.45, 2.75) is 56.9 Å². The molecular weight excluding hydrogens is 440 g/mol. The van der Waals surface area contributed by atoms with Gasteiger partial charge in [0.05, 0.1) is 12.0 Å². The molecule has 2 amide bonds. The van der Waals surface area contributed by atoms with Crippen molar-refractivity contribution in [1.82, 2.24) is 10.2 Å². The molecule has 7 heteroatoms. The van der Waals surface area contributed by atoms with Gasteiger partial charge in [0.25, 0.3) is 5.91 Å². The second kappa shape index (κ2) is 8.82. The third kappa shape index (κ3) is 4.34. The van der Waals surface area contributed by atoms with Crippen LogP contribution in [0.3, 0.4) is 0 Å². The van der Waals surface area contributed by atoms with Gasteiger partial charge >= 0.3 is 0 Å². The van der Waals surface area contributed by atoms with Crippen LogP contribution in [0.15, 0.2) is 29.2 Å². The Morgan fingerprint density at radius 2 is 1.88 bits per heavy atom. The van der Waals surface area contributed by atoms with Gasteiger partial charge in [0.2, 0.25) is 5.91 Å². The molecule has 0 radical (unpaired) electrons. The van der Waals surface area contributed by atoms with E-state index in [1.54, 1.807) is 12.0 Å². The molecule has 170 valence electrons. The number of ether oxygens (including phenoxy) is 1. The summed E-state index contributed by atoms with van der Waals surface area (Å²) in [6.07, 6.45) is 10.5. The lowest BCUT2D eigenvalue weighted by atomic mass is 9.53. The van der Waals surface area contributed by atoms with E-state index in [1.165, 1.54) is 31.0 Å². The van der Waals surface area contributed by atoms with Crippen LogP contribution in [0.5, 0.6) is 5.75 Å². The molecule has 0 spiro atoms. The zero-order chi connectivity index (χ0) is 22.3. The molecule has 5 nitrogen and oxygen atoms in total. The lowest BCUT2D eigenvalue weighted by molar-refractivity contribution is -0.127. The van der Waals surface area contributed by atoms with E-state index in [1.807, 2.05) is 30.3 Å². The average Bonchev–Trinajstić information content (AvgIpc) is 3.00. The molecule has 5 aliphatic rings. The lowest BCUT2D eigenvalue weighted by Crippen LogP contribution is -2.59. The van der Waals surface area contributed by atoms with E-state index in [-0.39, 0.29) is 17.4 Å². The van der Waals surface area contributed by atoms with E-state index < -0.39 is 0 Å². The summed E-state index contributed by atoms with van der Waals surface area (Å²) in [5.41, 5.74) is 0.899. The van der Waals surface area contributed by atoms with Gasteiger partial charge in [-0.05, 0) is 74.8 Å². The third-order valence-corrected chi connectivity index (χ3v) is 8.91. The van der Waals surface area contributed by atoms with Crippen LogP contribution in [0.4, 0.5) is 0 Å². The van der Waals surface area contributed by atoms with Gasteiger partial charge in [0.15, 0.2) is 0 Å². The average molecular weight is 471 g/mol. The summed E-state index contributed by atoms with van der Waals surface area (Å²) in [7, 11) is 1.62. The van der Waals surface area contributed by atoms with E-state index in [2.05, 4.69) is 5.32 Å². The van der Waals surface area contributed by atoms with Gasteiger partial charge in [-0.25, -0.2) is 0 Å². The number of methoxy groups -OCH3 is 1. The Kier molecular flexibility index (Phi) is 6.05. The number of carbonyl (C=O) groups excluding carboxylic acids is 2. The maximum Gasteiger partial charge on any atom is 0.266 e. The van der Waals surface area contributed by atoms with Crippen molar-refractivity contribution >= 4 is 46.2 Å². The highest BCUT2D eigenvalue weighted by Crippen LogP contribution is 2.55. The summed E-state index contributed by atoms with van der Waals surface area (Å²) in [4.78, 5) is 27.9. The van der Waals surface area contributed by atoms with Crippen LogP contribution in [0.2, 0.25) is 0 Å². The van der Waals surface area contributed by atoms with Crippen molar-refractivity contribution in [3.8, 4) is 5.75 Å². The van der Waals surface area contributed by atoms with Crippen molar-refractivity contribution in [3.05, 3.63) is 34.7 Å². The molecule has 1 heterocycles. The quantitative estimate of drug-likeness (QED) is 0.460. The molecule has 0 aromatic heterocycles. The van der Waals surface area contributed by atoms with Crippen molar-refractivity contribution in [2.75, 3.05) is 13.7 Å². The minimum atomic E-state index is -0.0904. The van der Waals surface area contributed by atoms with Crippen LogP contribution in [0.1, 0.15) is 56.9 Å². The fourth-order valence-corrected chi connectivity index (χ4v) is 7.94. The Morgan fingerprint density at radius 3 is 2.53 bits per heavy atom. The largest absolute Gasteiger partial charge is 0.496 e. The Morgan fingerprint density at radius 1 is 1.22 bits per heavy atom. The molecule has 5 fully saturated rings. The van der Waals surface area contributed by atoms with Crippen LogP contribution < -0.4 is 10.1 Å². The van der Waals surface area contributed by atoms with Crippen LogP contribution >= 0.6 is 24.0 Å². The van der Waals surface area contributed by atoms with Crippen LogP contribution in [-0.4, -0.2) is 40.2 Å². The van der Waals surface area contributed by atoms with Crippen molar-refractivity contribution in [2.24, 2.45) is 17.8 Å². The number of nitrogens with zero attached hydrogens (tertiary/aromatic N) is 1. The highest BCUT2D eigenvalue weighted by Gasteiger charge is 2.51. The van der Waals surface area contributed by atoms with Crippen molar-refractivity contribution in [1.29, 1.82) is 0 Å². The Balaban J connectivity index is 1.15. The number of nitrogens with one attached hydrogen (secondary N) is 1. The third-order valence-electron chi connectivity index (χ3n) is 7.53. The first-order valence-corrected chi connectivity index (χ1v) is 12.9. The fraction of sp³-hybridized carbons (Fsp3) is 0.560. The van der Waals surface area contributed by atoms with Gasteiger partial charge in [-0.1, -0.05) is 42.2 Å². The first-order chi connectivity index (χ1) is 15.4. The molecule has 6 rings (SSSR count). The lowest BCUT2D eigenvalue weighted by Gasteiger charge is -2.56. The zero-order valence-electron chi connectivity index (χ0n) is 18.5. The molecule has 0 unspecified atom stereocenters. The minimum Gasteiger partial charge on any atom is -0.496 e. The summed E-state index contributed by atoms with van der Waals surface area (Å²) in [5.74, 6) is 3.19. The highest BCUT2D eigenvalue weighted by molar-refractivity contribution is 8.26. The van der Waals surface area contributed by atoms with E-state index in [4.69, 9.17) is 17.0 Å². The van der Waals surface area contributed by atoms with Gasteiger partial charge in [-0.3, -0.25) is 14.5 Å². The van der Waals surface area contributed by atoms with Gasteiger partial charge in [-0.15, -0.1) is 0 Å². The molecule has 4 aliphatic carbocycles. The number of rotatable bonds is 7. The summed E-state index contributed by atoms with van der Waals surface area (Å²) < 4.78 is 5.93. The number of thioether (sulfide) groups is 1. The van der Waals surface area contributed by atoms with Crippen LogP contribution in [0, 0.1) is 17.8 Å². The van der Waals surface area contributed by atoms with E-state index >= 15 is 0 Å². The van der Waals surface area contributed by atoms with Crippen LogP contribution in [0.25, 0.3) is 6.08 Å². The predicted molar refractivity (Wildman–Crippen MR) is 131 cm³/mol. The number of carbonyl (C=O) groups is 2. The number of benzene rings is 1. The molecule has 1 saturated heterocycles. The fourth-order valence-electron chi connectivity index (χ4n) is 6.64. The molecule has 1 aromatic rings. The zero-order valence-corrected chi connectivity index (χ0v) is 20.1. The molecular formula is C25H30N2O3S2. The molecule has 4 bridgehead atoms. The first-order valence-electron chi connectivity index (χ1n) is 11.6. The Hall–Kier alpha value is -1.86. The smallest absolute Gasteiger partial charge is 0.266 e. The minimum absolute atomic E-state index is 0.0467. The second-order valence-electron chi connectivity index (χ2n) is 9.92. The van der Waals surface area contributed by atoms with E-state index in [0.717, 1.165) is 48.3 Å².